The van der Waals surface area contributed by atoms with Crippen LogP contribution >= 0.6 is 0 Å². The van der Waals surface area contributed by atoms with Crippen molar-refractivity contribution in [2.24, 2.45) is 0 Å². The lowest BCUT2D eigenvalue weighted by molar-refractivity contribution is 1.17. The van der Waals surface area contributed by atoms with Crippen molar-refractivity contribution in [3.8, 4) is 39.3 Å². The molecule has 0 radical (unpaired) electrons. The number of fused-ring (bicyclic) bond motifs is 4. The van der Waals surface area contributed by atoms with Crippen LogP contribution in [0.1, 0.15) is 0 Å². The van der Waals surface area contributed by atoms with Crippen molar-refractivity contribution in [3.63, 3.8) is 0 Å². The van der Waals surface area contributed by atoms with Gasteiger partial charge in [0.05, 0.1) is 27.9 Å². The summed E-state index contributed by atoms with van der Waals surface area (Å²) in [7, 11) is 0. The molecule has 0 N–H and O–H groups in total. The molecule has 0 aliphatic heterocycles. The van der Waals surface area contributed by atoms with Gasteiger partial charge in [0.25, 0.3) is 0 Å². The number of benzene rings is 3. The molecule has 0 aliphatic rings. The van der Waals surface area contributed by atoms with E-state index in [2.05, 4.69) is 99.5 Å². The van der Waals surface area contributed by atoms with Gasteiger partial charge in [-0.15, -0.1) is 0 Å². The number of rotatable bonds is 4. The van der Waals surface area contributed by atoms with E-state index < -0.39 is 0 Å². The van der Waals surface area contributed by atoms with Crippen molar-refractivity contribution in [1.29, 1.82) is 0 Å². The normalized spacial score (nSPS) is 11.4. The van der Waals surface area contributed by atoms with Crippen molar-refractivity contribution in [1.82, 2.24) is 24.5 Å². The number of hydrogen-bond donors (Lipinski definition) is 0. The molecule has 5 nitrogen and oxygen atoms in total. The second-order valence-corrected chi connectivity index (χ2v) is 10.0. The van der Waals surface area contributed by atoms with E-state index in [4.69, 9.17) is 9.97 Å². The van der Waals surface area contributed by atoms with E-state index in [1.54, 1.807) is 0 Å². The molecule has 0 bridgehead atoms. The van der Waals surface area contributed by atoms with Crippen molar-refractivity contribution in [2.45, 2.75) is 0 Å². The van der Waals surface area contributed by atoms with Gasteiger partial charge in [-0.25, -0.2) is 0 Å². The topological polar surface area (TPSA) is 56.5 Å². The Hall–Kier alpha value is -5.68. The summed E-state index contributed by atoms with van der Waals surface area (Å²) in [5, 5.41) is 3.44. The third kappa shape index (κ3) is 3.95. The molecule has 3 aromatic carbocycles. The highest BCUT2D eigenvalue weighted by Crippen LogP contribution is 2.32. The Morgan fingerprint density at radius 1 is 0.463 bits per heavy atom. The monoisotopic (exact) mass is 525 g/mol. The van der Waals surface area contributed by atoms with Crippen LogP contribution in [0.4, 0.5) is 0 Å². The summed E-state index contributed by atoms with van der Waals surface area (Å²) in [5.74, 6) is 0. The average Bonchev–Trinajstić information content (AvgIpc) is 3.39. The molecule has 5 heteroatoms. The minimum absolute atomic E-state index is 0.837. The molecule has 0 amide bonds. The molecule has 41 heavy (non-hydrogen) atoms. The number of pyridine rings is 4. The van der Waals surface area contributed by atoms with Gasteiger partial charge in [-0.1, -0.05) is 66.7 Å². The lowest BCUT2D eigenvalue weighted by Gasteiger charge is -2.09. The summed E-state index contributed by atoms with van der Waals surface area (Å²) in [6, 6.07) is 37.7. The van der Waals surface area contributed by atoms with Gasteiger partial charge in [0.1, 0.15) is 0 Å². The maximum absolute atomic E-state index is 4.74. The fourth-order valence-electron chi connectivity index (χ4n) is 5.63. The van der Waals surface area contributed by atoms with Crippen LogP contribution in [-0.2, 0) is 0 Å². The van der Waals surface area contributed by atoms with Crippen LogP contribution < -0.4 is 0 Å². The zero-order valence-electron chi connectivity index (χ0n) is 22.0. The van der Waals surface area contributed by atoms with E-state index in [1.165, 1.54) is 5.39 Å². The minimum atomic E-state index is 0.837. The number of aromatic nitrogens is 5. The summed E-state index contributed by atoms with van der Waals surface area (Å²) in [6.45, 7) is 0. The van der Waals surface area contributed by atoms with Gasteiger partial charge >= 0.3 is 0 Å². The van der Waals surface area contributed by atoms with Gasteiger partial charge in [0.15, 0.2) is 0 Å². The molecular formula is C36H23N5. The van der Waals surface area contributed by atoms with Crippen LogP contribution in [0.15, 0.2) is 140 Å². The maximum atomic E-state index is 4.74. The van der Waals surface area contributed by atoms with Crippen molar-refractivity contribution < 1.29 is 0 Å². The summed E-state index contributed by atoms with van der Waals surface area (Å²) in [6.07, 6.45) is 9.46. The first-order valence-corrected chi connectivity index (χ1v) is 13.5. The van der Waals surface area contributed by atoms with E-state index in [0.29, 0.717) is 0 Å². The predicted molar refractivity (Wildman–Crippen MR) is 166 cm³/mol. The molecule has 0 spiro atoms. The van der Waals surface area contributed by atoms with Gasteiger partial charge < -0.3 is 4.57 Å². The van der Waals surface area contributed by atoms with Crippen molar-refractivity contribution in [2.75, 3.05) is 0 Å². The van der Waals surface area contributed by atoms with Gasteiger partial charge in [0.2, 0.25) is 0 Å². The Labute approximate surface area is 236 Å². The molecule has 5 heterocycles. The number of hydrogen-bond acceptors (Lipinski definition) is 4. The number of para-hydroxylation sites is 1. The van der Waals surface area contributed by atoms with Crippen LogP contribution in [-0.4, -0.2) is 24.5 Å². The molecule has 0 saturated heterocycles. The fraction of sp³-hybridized carbons (Fsp3) is 0. The quantitative estimate of drug-likeness (QED) is 0.231. The average molecular weight is 526 g/mol. The van der Waals surface area contributed by atoms with Crippen molar-refractivity contribution >= 4 is 32.7 Å². The zero-order chi connectivity index (χ0) is 27.2. The third-order valence-corrected chi connectivity index (χ3v) is 7.65. The second-order valence-electron chi connectivity index (χ2n) is 10.0. The van der Waals surface area contributed by atoms with Gasteiger partial charge in [-0.3, -0.25) is 19.9 Å². The van der Waals surface area contributed by atoms with Crippen LogP contribution in [0.25, 0.3) is 72.0 Å². The van der Waals surface area contributed by atoms with Gasteiger partial charge in [0, 0.05) is 64.1 Å². The third-order valence-electron chi connectivity index (χ3n) is 7.65. The van der Waals surface area contributed by atoms with E-state index in [-0.39, 0.29) is 0 Å². The Morgan fingerprint density at radius 3 is 1.93 bits per heavy atom. The van der Waals surface area contributed by atoms with Gasteiger partial charge in [-0.05, 0) is 53.4 Å². The summed E-state index contributed by atoms with van der Waals surface area (Å²) in [4.78, 5) is 18.5. The second kappa shape index (κ2) is 9.50. The summed E-state index contributed by atoms with van der Waals surface area (Å²) in [5.41, 5.74) is 10.3. The van der Waals surface area contributed by atoms with Crippen LogP contribution in [0, 0.1) is 0 Å². The highest BCUT2D eigenvalue weighted by atomic mass is 15.0. The van der Waals surface area contributed by atoms with Crippen molar-refractivity contribution in [3.05, 3.63) is 140 Å². The SMILES string of the molecule is c1ccc2c(-c3ccc(-c4ccc(-c5ccc(-n6c7ccccc7c7ncccc76)cc5)cn4)nc3)cncc2c1. The Balaban J connectivity index is 1.08. The van der Waals surface area contributed by atoms with E-state index >= 15 is 0 Å². The molecule has 192 valence electrons. The van der Waals surface area contributed by atoms with E-state index in [1.807, 2.05) is 55.2 Å². The minimum Gasteiger partial charge on any atom is -0.308 e. The maximum Gasteiger partial charge on any atom is 0.0963 e. The molecule has 0 fully saturated rings. The number of nitrogens with zero attached hydrogens (tertiary/aromatic N) is 5. The van der Waals surface area contributed by atoms with E-state index in [9.17, 15) is 0 Å². The Kier molecular flexibility index (Phi) is 5.38. The first kappa shape index (κ1) is 23.2. The first-order chi connectivity index (χ1) is 20.3. The molecule has 0 unspecified atom stereocenters. The zero-order valence-corrected chi connectivity index (χ0v) is 22.0. The van der Waals surface area contributed by atoms with Crippen LogP contribution in [0.3, 0.4) is 0 Å². The fourth-order valence-corrected chi connectivity index (χ4v) is 5.63. The molecule has 0 aliphatic carbocycles. The summed E-state index contributed by atoms with van der Waals surface area (Å²) >= 11 is 0. The molecule has 8 aromatic rings. The Bertz CT molecular complexity index is 2120. The largest absolute Gasteiger partial charge is 0.308 e. The summed E-state index contributed by atoms with van der Waals surface area (Å²) < 4.78 is 2.27. The molecule has 0 atom stereocenters. The molecular weight excluding hydrogens is 502 g/mol. The lowest BCUT2D eigenvalue weighted by atomic mass is 10.0. The first-order valence-electron chi connectivity index (χ1n) is 13.5. The van der Waals surface area contributed by atoms with Gasteiger partial charge in [-0.2, -0.15) is 0 Å². The molecule has 5 aromatic heterocycles. The van der Waals surface area contributed by atoms with E-state index in [0.717, 1.165) is 66.7 Å². The standard InChI is InChI=1S/C36H23N5/c1-2-7-29-26(6-1)20-37-23-31(29)27-14-18-33(40-22-27)32-17-13-25(21-39-32)24-11-15-28(16-12-24)41-34-9-4-3-8-30(34)36-35(41)10-5-19-38-36/h1-23H. The lowest BCUT2D eigenvalue weighted by Crippen LogP contribution is -1.94. The molecule has 8 rings (SSSR count). The smallest absolute Gasteiger partial charge is 0.0963 e. The van der Waals surface area contributed by atoms with Crippen LogP contribution in [0.2, 0.25) is 0 Å². The molecule has 0 saturated carbocycles. The van der Waals surface area contributed by atoms with Crippen LogP contribution in [0.5, 0.6) is 0 Å². The Morgan fingerprint density at radius 2 is 1.15 bits per heavy atom. The highest BCUT2D eigenvalue weighted by molar-refractivity contribution is 6.07. The highest BCUT2D eigenvalue weighted by Gasteiger charge is 2.13. The predicted octanol–water partition coefficient (Wildman–Crippen LogP) is 8.52.